The van der Waals surface area contributed by atoms with Crippen LogP contribution in [0.15, 0.2) is 59.7 Å². The maximum atomic E-state index is 13.1. The maximum Gasteiger partial charge on any atom is 0.270 e. The van der Waals surface area contributed by atoms with Gasteiger partial charge in [0, 0.05) is 44.7 Å². The van der Waals surface area contributed by atoms with E-state index in [0.29, 0.717) is 43.0 Å². The number of amides is 2. The van der Waals surface area contributed by atoms with Crippen LogP contribution in [-0.2, 0) is 9.59 Å². The Morgan fingerprint density at radius 3 is 2.40 bits per heavy atom. The van der Waals surface area contributed by atoms with E-state index in [1.54, 1.807) is 0 Å². The molecule has 0 saturated carbocycles. The number of hydrogen-bond donors (Lipinski definition) is 0. The molecule has 7 heteroatoms. The lowest BCUT2D eigenvalue weighted by Crippen LogP contribution is -2.43. The molecule has 4 rings (SSSR count). The Hall–Kier alpha value is -3.66. The highest BCUT2D eigenvalue weighted by atomic mass is 16.2. The second kappa shape index (κ2) is 8.78. The third-order valence-corrected chi connectivity index (χ3v) is 5.42. The van der Waals surface area contributed by atoms with Gasteiger partial charge < -0.3 is 9.80 Å². The number of carbonyl (C=O) groups is 2. The van der Waals surface area contributed by atoms with Gasteiger partial charge in [0.15, 0.2) is 0 Å². The van der Waals surface area contributed by atoms with Crippen molar-refractivity contribution in [2.24, 2.45) is 5.10 Å². The summed E-state index contributed by atoms with van der Waals surface area (Å²) in [5, 5.41) is 14.7. The molecule has 1 fully saturated rings. The molecule has 0 unspecified atom stereocenters. The van der Waals surface area contributed by atoms with Crippen LogP contribution in [0.1, 0.15) is 24.8 Å². The predicted molar refractivity (Wildman–Crippen MR) is 115 cm³/mol. The fraction of sp³-hybridized carbons (Fsp3) is 0.304. The van der Waals surface area contributed by atoms with Crippen molar-refractivity contribution in [3.05, 3.63) is 60.2 Å². The largest absolute Gasteiger partial charge is 0.370 e. The van der Waals surface area contributed by atoms with Crippen molar-refractivity contribution >= 4 is 28.9 Å². The molecule has 2 aromatic rings. The van der Waals surface area contributed by atoms with Gasteiger partial charge in [-0.25, -0.2) is 5.01 Å². The normalized spacial score (nSPS) is 17.2. The number of nitriles is 1. The number of hydrazone groups is 1. The molecule has 0 spiro atoms. The van der Waals surface area contributed by atoms with Crippen LogP contribution in [0.25, 0.3) is 0 Å². The number of hydrogen-bond acceptors (Lipinski definition) is 5. The highest BCUT2D eigenvalue weighted by molar-refractivity contribution is 6.40. The van der Waals surface area contributed by atoms with Crippen LogP contribution in [0, 0.1) is 11.3 Å². The summed E-state index contributed by atoms with van der Waals surface area (Å²) in [6, 6.07) is 18.9. The van der Waals surface area contributed by atoms with E-state index < -0.39 is 0 Å². The van der Waals surface area contributed by atoms with Crippen molar-refractivity contribution in [3.63, 3.8) is 0 Å². The van der Waals surface area contributed by atoms with Crippen molar-refractivity contribution in [2.75, 3.05) is 36.1 Å². The van der Waals surface area contributed by atoms with Crippen LogP contribution in [0.5, 0.6) is 0 Å². The van der Waals surface area contributed by atoms with Crippen LogP contribution in [0.4, 0.5) is 11.4 Å². The minimum absolute atomic E-state index is 0.0925. The van der Waals surface area contributed by atoms with Crippen molar-refractivity contribution in [3.8, 4) is 6.07 Å². The minimum atomic E-state index is -0.0967. The first kappa shape index (κ1) is 19.6. The molecule has 0 radical (unpaired) electrons. The zero-order valence-electron chi connectivity index (χ0n) is 16.7. The van der Waals surface area contributed by atoms with Gasteiger partial charge in [0.05, 0.1) is 17.3 Å². The number of nitrogens with zero attached hydrogens (tertiary/aromatic N) is 5. The number of carbonyl (C=O) groups excluding carboxylic acids is 2. The Balaban J connectivity index is 1.45. The van der Waals surface area contributed by atoms with E-state index in [0.717, 1.165) is 18.7 Å². The molecule has 2 aromatic carbocycles. The van der Waals surface area contributed by atoms with Gasteiger partial charge in [-0.3, -0.25) is 9.59 Å². The third kappa shape index (κ3) is 4.18. The summed E-state index contributed by atoms with van der Waals surface area (Å²) < 4.78 is 0. The van der Waals surface area contributed by atoms with Crippen LogP contribution in [-0.4, -0.2) is 48.6 Å². The first-order valence-corrected chi connectivity index (χ1v) is 10.2. The van der Waals surface area contributed by atoms with Gasteiger partial charge >= 0.3 is 0 Å². The third-order valence-electron chi connectivity index (χ3n) is 5.42. The van der Waals surface area contributed by atoms with Crippen LogP contribution in [0.3, 0.4) is 0 Å². The van der Waals surface area contributed by atoms with E-state index in [4.69, 9.17) is 5.26 Å². The fourth-order valence-electron chi connectivity index (χ4n) is 3.79. The van der Waals surface area contributed by atoms with Crippen LogP contribution in [0.2, 0.25) is 0 Å². The van der Waals surface area contributed by atoms with Crippen molar-refractivity contribution < 1.29 is 9.59 Å². The summed E-state index contributed by atoms with van der Waals surface area (Å²) >= 11 is 0. The van der Waals surface area contributed by atoms with Crippen molar-refractivity contribution in [1.29, 1.82) is 5.26 Å². The Labute approximate surface area is 175 Å². The van der Waals surface area contributed by atoms with E-state index in [1.807, 2.05) is 59.5 Å². The molecule has 30 heavy (non-hydrogen) atoms. The van der Waals surface area contributed by atoms with E-state index >= 15 is 0 Å². The maximum absolute atomic E-state index is 13.1. The second-order valence-electron chi connectivity index (χ2n) is 7.38. The Bertz CT molecular complexity index is 995. The quantitative estimate of drug-likeness (QED) is 0.792. The topological polar surface area (TPSA) is 80.0 Å². The van der Waals surface area contributed by atoms with Gasteiger partial charge in [-0.2, -0.15) is 10.4 Å². The number of para-hydroxylation sites is 1. The van der Waals surface area contributed by atoms with Gasteiger partial charge in [0.2, 0.25) is 5.91 Å². The number of benzene rings is 2. The summed E-state index contributed by atoms with van der Waals surface area (Å²) in [4.78, 5) is 29.5. The lowest BCUT2D eigenvalue weighted by molar-refractivity contribution is -0.124. The average Bonchev–Trinajstić information content (AvgIpc) is 3.06. The molecule has 0 N–H and O–H groups in total. The summed E-state index contributed by atoms with van der Waals surface area (Å²) in [5.74, 6) is -0.189. The summed E-state index contributed by atoms with van der Waals surface area (Å²) in [6.07, 6.45) is 1.50. The molecule has 152 valence electrons. The second-order valence-corrected chi connectivity index (χ2v) is 7.38. The zero-order valence-corrected chi connectivity index (χ0v) is 16.7. The van der Waals surface area contributed by atoms with Gasteiger partial charge in [0.25, 0.3) is 5.91 Å². The molecule has 2 aliphatic heterocycles. The highest BCUT2D eigenvalue weighted by Crippen LogP contribution is 2.21. The summed E-state index contributed by atoms with van der Waals surface area (Å²) in [5.41, 5.74) is 2.80. The molecule has 2 heterocycles. The van der Waals surface area contributed by atoms with E-state index in [-0.39, 0.29) is 18.2 Å². The van der Waals surface area contributed by atoms with E-state index in [9.17, 15) is 9.59 Å². The van der Waals surface area contributed by atoms with Gasteiger partial charge in [0.1, 0.15) is 5.71 Å². The van der Waals surface area contributed by atoms with Crippen molar-refractivity contribution in [1.82, 2.24) is 4.90 Å². The van der Waals surface area contributed by atoms with Gasteiger partial charge in [-0.05, 0) is 42.8 Å². The Kier molecular flexibility index (Phi) is 5.75. The Morgan fingerprint density at radius 2 is 1.67 bits per heavy atom. The van der Waals surface area contributed by atoms with Crippen molar-refractivity contribution in [2.45, 2.75) is 19.3 Å². The minimum Gasteiger partial charge on any atom is -0.370 e. The molecule has 0 aromatic heterocycles. The Morgan fingerprint density at radius 1 is 0.900 bits per heavy atom. The van der Waals surface area contributed by atoms with Gasteiger partial charge in [-0.15, -0.1) is 0 Å². The number of rotatable bonds is 3. The monoisotopic (exact) mass is 401 g/mol. The van der Waals surface area contributed by atoms with Crippen LogP contribution < -0.4 is 9.91 Å². The molecule has 1 saturated heterocycles. The zero-order chi connectivity index (χ0) is 20.9. The lowest BCUT2D eigenvalue weighted by atomic mass is 10.1. The fourth-order valence-corrected chi connectivity index (χ4v) is 3.79. The summed E-state index contributed by atoms with van der Waals surface area (Å²) in [6.45, 7) is 2.81. The van der Waals surface area contributed by atoms with Crippen LogP contribution >= 0.6 is 0 Å². The smallest absolute Gasteiger partial charge is 0.270 e. The molecular formula is C23H23N5O2. The lowest BCUT2D eigenvalue weighted by Gasteiger charge is -2.27. The predicted octanol–water partition coefficient (Wildman–Crippen LogP) is 2.78. The highest BCUT2D eigenvalue weighted by Gasteiger charge is 2.29. The average molecular weight is 401 g/mol. The molecule has 7 nitrogen and oxygen atoms in total. The molecule has 2 amide bonds. The molecule has 0 atom stereocenters. The van der Waals surface area contributed by atoms with E-state index in [2.05, 4.69) is 16.1 Å². The standard InChI is InChI=1S/C23H23N5O2/c24-17-18-7-9-19(10-8-18)26-13-4-14-27(16-15-26)23(30)21-11-12-22(29)28(25-21)20-5-2-1-3-6-20/h1-3,5-10H,4,11-16H2. The van der Waals surface area contributed by atoms with Gasteiger partial charge in [-0.1, -0.05) is 18.2 Å². The van der Waals surface area contributed by atoms with E-state index in [1.165, 1.54) is 5.01 Å². The number of anilines is 2. The SMILES string of the molecule is N#Cc1ccc(N2CCCN(C(=O)C3=NN(c4ccccc4)C(=O)CC3)CC2)cc1. The first-order chi connectivity index (χ1) is 14.7. The first-order valence-electron chi connectivity index (χ1n) is 10.2. The molecule has 0 aliphatic carbocycles. The molecule has 2 aliphatic rings. The molecule has 0 bridgehead atoms. The summed E-state index contributed by atoms with van der Waals surface area (Å²) in [7, 11) is 0. The molecular weight excluding hydrogens is 378 g/mol.